The fourth-order valence-electron chi connectivity index (χ4n) is 3.63. The molecule has 2 aromatic carbocycles. The Morgan fingerprint density at radius 3 is 1.84 bits per heavy atom. The molecule has 0 N–H and O–H groups in total. The van der Waals surface area contributed by atoms with Crippen LogP contribution in [0.15, 0.2) is 48.5 Å². The molecule has 1 heterocycles. The molecule has 1 fully saturated rings. The molecule has 2 aromatic rings. The Balaban J connectivity index is 1.71. The normalized spacial score (nSPS) is 16.1. The number of aryl methyl sites for hydroxylation is 2. The van der Waals surface area contributed by atoms with Gasteiger partial charge in [0.05, 0.1) is 0 Å². The SMILES string of the molecule is Cc1ccccc1N(CCCN1CCN(C)CC1)c1ccccc1C. The van der Waals surface area contributed by atoms with Gasteiger partial charge in [0.1, 0.15) is 0 Å². The number of likely N-dealkylation sites (N-methyl/N-ethyl adjacent to an activating group) is 1. The van der Waals surface area contributed by atoms with Crippen LogP contribution >= 0.6 is 0 Å². The number of anilines is 2. The summed E-state index contributed by atoms with van der Waals surface area (Å²) in [6.45, 7) is 11.4. The minimum atomic E-state index is 1.06. The highest BCUT2D eigenvalue weighted by molar-refractivity contribution is 5.68. The maximum atomic E-state index is 2.61. The average molecular weight is 338 g/mol. The molecule has 0 radical (unpaired) electrons. The maximum Gasteiger partial charge on any atom is 0.0440 e. The highest BCUT2D eigenvalue weighted by Gasteiger charge is 2.16. The van der Waals surface area contributed by atoms with Gasteiger partial charge >= 0.3 is 0 Å². The van der Waals surface area contributed by atoms with Crippen LogP contribution < -0.4 is 4.90 Å². The van der Waals surface area contributed by atoms with Gasteiger partial charge in [0, 0.05) is 44.1 Å². The molecule has 0 spiro atoms. The third-order valence-corrected chi connectivity index (χ3v) is 5.26. The van der Waals surface area contributed by atoms with Crippen LogP contribution in [-0.4, -0.2) is 56.1 Å². The second-order valence-electron chi connectivity index (χ2n) is 7.22. The predicted octanol–water partition coefficient (Wildman–Crippen LogP) is 4.08. The Morgan fingerprint density at radius 2 is 1.32 bits per heavy atom. The summed E-state index contributed by atoms with van der Waals surface area (Å²) in [5.74, 6) is 0. The van der Waals surface area contributed by atoms with Crippen LogP contribution in [0.25, 0.3) is 0 Å². The average Bonchev–Trinajstić information content (AvgIpc) is 2.62. The lowest BCUT2D eigenvalue weighted by Gasteiger charge is -2.33. The highest BCUT2D eigenvalue weighted by atomic mass is 15.2. The first-order valence-corrected chi connectivity index (χ1v) is 9.45. The molecule has 3 heteroatoms. The maximum absolute atomic E-state index is 2.61. The molecule has 0 atom stereocenters. The van der Waals surface area contributed by atoms with E-state index >= 15 is 0 Å². The molecule has 1 saturated heterocycles. The second-order valence-corrected chi connectivity index (χ2v) is 7.22. The Kier molecular flexibility index (Phi) is 6.11. The fourth-order valence-corrected chi connectivity index (χ4v) is 3.63. The molecule has 134 valence electrons. The van der Waals surface area contributed by atoms with Crippen LogP contribution in [0, 0.1) is 13.8 Å². The molecule has 3 rings (SSSR count). The summed E-state index contributed by atoms with van der Waals surface area (Å²) in [6.07, 6.45) is 1.19. The van der Waals surface area contributed by atoms with Crippen molar-refractivity contribution in [3.63, 3.8) is 0 Å². The van der Waals surface area contributed by atoms with Gasteiger partial charge in [-0.15, -0.1) is 0 Å². The first kappa shape index (κ1) is 18.0. The van der Waals surface area contributed by atoms with E-state index in [9.17, 15) is 0 Å². The molecule has 0 aliphatic carbocycles. The van der Waals surface area contributed by atoms with Crippen molar-refractivity contribution in [1.82, 2.24) is 9.80 Å². The van der Waals surface area contributed by atoms with Crippen molar-refractivity contribution in [2.24, 2.45) is 0 Å². The third-order valence-electron chi connectivity index (χ3n) is 5.26. The quantitative estimate of drug-likeness (QED) is 0.786. The fraction of sp³-hybridized carbons (Fsp3) is 0.455. The van der Waals surface area contributed by atoms with Crippen LogP contribution in [-0.2, 0) is 0 Å². The van der Waals surface area contributed by atoms with E-state index in [1.165, 1.54) is 61.6 Å². The van der Waals surface area contributed by atoms with Gasteiger partial charge in [-0.3, -0.25) is 0 Å². The molecule has 0 aromatic heterocycles. The summed E-state index contributed by atoms with van der Waals surface area (Å²) in [7, 11) is 2.22. The summed E-state index contributed by atoms with van der Waals surface area (Å²) in [5, 5.41) is 0. The monoisotopic (exact) mass is 337 g/mol. The first-order chi connectivity index (χ1) is 12.1. The smallest absolute Gasteiger partial charge is 0.0440 e. The summed E-state index contributed by atoms with van der Waals surface area (Å²) >= 11 is 0. The molecule has 25 heavy (non-hydrogen) atoms. The first-order valence-electron chi connectivity index (χ1n) is 9.45. The van der Waals surface area contributed by atoms with E-state index in [0.29, 0.717) is 0 Å². The van der Waals surface area contributed by atoms with Crippen molar-refractivity contribution in [2.75, 3.05) is 51.2 Å². The summed E-state index contributed by atoms with van der Waals surface area (Å²) in [5.41, 5.74) is 5.33. The van der Waals surface area contributed by atoms with Crippen LogP contribution in [0.5, 0.6) is 0 Å². The lowest BCUT2D eigenvalue weighted by molar-refractivity contribution is 0.153. The number of piperazine rings is 1. The van der Waals surface area contributed by atoms with Gasteiger partial charge in [0.2, 0.25) is 0 Å². The largest absolute Gasteiger partial charge is 0.341 e. The number of hydrogen-bond donors (Lipinski definition) is 0. The van der Waals surface area contributed by atoms with Crippen LogP contribution in [0.1, 0.15) is 17.5 Å². The number of para-hydroxylation sites is 2. The molecular formula is C22H31N3. The van der Waals surface area contributed by atoms with E-state index < -0.39 is 0 Å². The van der Waals surface area contributed by atoms with Crippen molar-refractivity contribution in [3.05, 3.63) is 59.7 Å². The van der Waals surface area contributed by atoms with Crippen molar-refractivity contribution < 1.29 is 0 Å². The zero-order valence-electron chi connectivity index (χ0n) is 15.9. The van der Waals surface area contributed by atoms with Crippen LogP contribution in [0.2, 0.25) is 0 Å². The van der Waals surface area contributed by atoms with Gasteiger partial charge in [-0.1, -0.05) is 36.4 Å². The number of nitrogens with zero attached hydrogens (tertiary/aromatic N) is 3. The zero-order chi connectivity index (χ0) is 17.6. The lowest BCUT2D eigenvalue weighted by atomic mass is 10.1. The van der Waals surface area contributed by atoms with Crippen molar-refractivity contribution in [1.29, 1.82) is 0 Å². The Bertz CT molecular complexity index is 629. The summed E-state index contributed by atoms with van der Waals surface area (Å²) in [4.78, 5) is 7.53. The van der Waals surface area contributed by atoms with E-state index in [1.54, 1.807) is 0 Å². The standard InChI is InChI=1S/C22H31N3/c1-19-9-4-6-11-21(19)25(22-12-7-5-10-20(22)2)14-8-13-24-17-15-23(3)16-18-24/h4-7,9-12H,8,13-18H2,1-3H3. The van der Waals surface area contributed by atoms with E-state index in [-0.39, 0.29) is 0 Å². The lowest BCUT2D eigenvalue weighted by Crippen LogP contribution is -2.45. The predicted molar refractivity (Wildman–Crippen MR) is 108 cm³/mol. The minimum Gasteiger partial charge on any atom is -0.341 e. The Morgan fingerprint density at radius 1 is 0.800 bits per heavy atom. The second kappa shape index (κ2) is 8.50. The van der Waals surface area contributed by atoms with Crippen molar-refractivity contribution in [2.45, 2.75) is 20.3 Å². The topological polar surface area (TPSA) is 9.72 Å². The molecular weight excluding hydrogens is 306 g/mol. The summed E-state index contributed by atoms with van der Waals surface area (Å²) in [6, 6.07) is 17.5. The Hall–Kier alpha value is -1.84. The van der Waals surface area contributed by atoms with E-state index in [4.69, 9.17) is 0 Å². The molecule has 1 aliphatic rings. The van der Waals surface area contributed by atoms with E-state index in [2.05, 4.69) is 84.1 Å². The van der Waals surface area contributed by atoms with Gasteiger partial charge in [0.25, 0.3) is 0 Å². The molecule has 0 amide bonds. The number of benzene rings is 2. The van der Waals surface area contributed by atoms with Crippen molar-refractivity contribution in [3.8, 4) is 0 Å². The molecule has 3 nitrogen and oxygen atoms in total. The molecule has 0 bridgehead atoms. The highest BCUT2D eigenvalue weighted by Crippen LogP contribution is 2.30. The van der Waals surface area contributed by atoms with Crippen molar-refractivity contribution >= 4 is 11.4 Å². The van der Waals surface area contributed by atoms with Gasteiger partial charge < -0.3 is 14.7 Å². The number of hydrogen-bond acceptors (Lipinski definition) is 3. The van der Waals surface area contributed by atoms with Crippen LogP contribution in [0.3, 0.4) is 0 Å². The molecule has 0 unspecified atom stereocenters. The minimum absolute atomic E-state index is 1.06. The Labute approximate surface area is 152 Å². The number of rotatable bonds is 6. The van der Waals surface area contributed by atoms with Crippen LogP contribution in [0.4, 0.5) is 11.4 Å². The van der Waals surface area contributed by atoms with E-state index in [0.717, 1.165) is 6.54 Å². The third kappa shape index (κ3) is 4.62. The zero-order valence-corrected chi connectivity index (χ0v) is 15.9. The van der Waals surface area contributed by atoms with E-state index in [1.807, 2.05) is 0 Å². The van der Waals surface area contributed by atoms with Gasteiger partial charge in [0.15, 0.2) is 0 Å². The summed E-state index contributed by atoms with van der Waals surface area (Å²) < 4.78 is 0. The van der Waals surface area contributed by atoms with Gasteiger partial charge in [-0.25, -0.2) is 0 Å². The van der Waals surface area contributed by atoms with Gasteiger partial charge in [-0.2, -0.15) is 0 Å². The molecule has 0 saturated carbocycles. The molecule has 1 aliphatic heterocycles. The van der Waals surface area contributed by atoms with Gasteiger partial charge in [-0.05, 0) is 57.1 Å².